The Morgan fingerprint density at radius 2 is 1.56 bits per heavy atom. The average Bonchev–Trinajstić information content (AvgIpc) is 2.81. The van der Waals surface area contributed by atoms with Gasteiger partial charge in [0.05, 0.1) is 11.8 Å². The number of carbonyl (C=O) groups is 5. The topological polar surface area (TPSA) is 125 Å². The van der Waals surface area contributed by atoms with E-state index in [2.05, 4.69) is 10.7 Å². The maximum atomic E-state index is 12.3. The minimum atomic E-state index is -0.985. The van der Waals surface area contributed by atoms with Crippen molar-refractivity contribution in [2.45, 2.75) is 52.0 Å². The molecule has 5 amide bonds. The summed E-state index contributed by atoms with van der Waals surface area (Å²) in [7, 11) is 0. The molecule has 0 unspecified atom stereocenters. The molecule has 9 nitrogen and oxygen atoms in total. The van der Waals surface area contributed by atoms with Crippen molar-refractivity contribution < 1.29 is 24.0 Å². The molecule has 2 rings (SSSR count). The van der Waals surface area contributed by atoms with Crippen LogP contribution < -0.4 is 16.2 Å². The average molecular weight is 352 g/mol. The van der Waals surface area contributed by atoms with Gasteiger partial charge in [-0.05, 0) is 26.7 Å². The predicted octanol–water partition coefficient (Wildman–Crippen LogP) is -0.776. The Morgan fingerprint density at radius 3 is 2.08 bits per heavy atom. The summed E-state index contributed by atoms with van der Waals surface area (Å²) in [5, 5.41) is 2.38. The van der Waals surface area contributed by atoms with Crippen LogP contribution in [0.25, 0.3) is 0 Å². The number of hydrogen-bond acceptors (Lipinski definition) is 5. The first-order chi connectivity index (χ1) is 11.8. The number of imide groups is 1. The van der Waals surface area contributed by atoms with E-state index in [4.69, 9.17) is 0 Å². The fourth-order valence-electron chi connectivity index (χ4n) is 3.24. The van der Waals surface area contributed by atoms with Gasteiger partial charge in [0.25, 0.3) is 0 Å². The van der Waals surface area contributed by atoms with E-state index in [1.54, 1.807) is 13.8 Å². The first-order valence-corrected chi connectivity index (χ1v) is 8.56. The molecule has 0 aromatic rings. The van der Waals surface area contributed by atoms with Gasteiger partial charge in [0.2, 0.25) is 17.7 Å². The van der Waals surface area contributed by atoms with Gasteiger partial charge in [0.15, 0.2) is 0 Å². The summed E-state index contributed by atoms with van der Waals surface area (Å²) in [5.41, 5.74) is 4.10. The second kappa shape index (κ2) is 8.09. The van der Waals surface area contributed by atoms with Gasteiger partial charge in [0, 0.05) is 19.0 Å². The molecule has 1 aliphatic heterocycles. The first-order valence-electron chi connectivity index (χ1n) is 8.56. The van der Waals surface area contributed by atoms with Gasteiger partial charge in [-0.15, -0.1) is 0 Å². The molecule has 0 aromatic heterocycles. The van der Waals surface area contributed by atoms with Gasteiger partial charge in [-0.1, -0.05) is 12.8 Å². The number of fused-ring (bicyclic) bond motifs is 1. The highest BCUT2D eigenvalue weighted by atomic mass is 16.2. The third-order valence-corrected chi connectivity index (χ3v) is 4.44. The van der Waals surface area contributed by atoms with Crippen LogP contribution >= 0.6 is 0 Å². The Labute approximate surface area is 145 Å². The fourth-order valence-corrected chi connectivity index (χ4v) is 3.24. The SMILES string of the molecule is CC(C)NC(=O)C(=O)NNC(=O)CCN1C(=O)[C@@H]2CCCC[C@H]2C1=O. The maximum Gasteiger partial charge on any atom is 0.327 e. The monoisotopic (exact) mass is 352 g/mol. The van der Waals surface area contributed by atoms with Crippen LogP contribution in [0.5, 0.6) is 0 Å². The predicted molar refractivity (Wildman–Crippen MR) is 86.3 cm³/mol. The molecule has 1 heterocycles. The number of nitrogens with zero attached hydrogens (tertiary/aromatic N) is 1. The Bertz CT molecular complexity index is 565. The largest absolute Gasteiger partial charge is 0.346 e. The molecule has 1 saturated carbocycles. The molecule has 2 atom stereocenters. The van der Waals surface area contributed by atoms with Crippen LogP contribution in [0.15, 0.2) is 0 Å². The molecule has 1 saturated heterocycles. The van der Waals surface area contributed by atoms with Crippen LogP contribution in [0, 0.1) is 11.8 Å². The van der Waals surface area contributed by atoms with Crippen molar-refractivity contribution in [3.05, 3.63) is 0 Å². The fraction of sp³-hybridized carbons (Fsp3) is 0.688. The molecule has 1 aliphatic carbocycles. The number of likely N-dealkylation sites (tertiary alicyclic amines) is 1. The number of rotatable bonds is 4. The summed E-state index contributed by atoms with van der Waals surface area (Å²) < 4.78 is 0. The third kappa shape index (κ3) is 4.55. The first kappa shape index (κ1) is 18.9. The van der Waals surface area contributed by atoms with E-state index >= 15 is 0 Å². The van der Waals surface area contributed by atoms with E-state index in [0.717, 1.165) is 30.6 Å². The standard InChI is InChI=1S/C16H24N4O5/c1-9(2)17-13(22)14(23)19-18-12(21)7-8-20-15(24)10-5-3-4-6-11(10)16(20)25/h9-11H,3-8H2,1-2H3,(H,17,22)(H,18,21)(H,19,23)/t10-,11-/m1/s1. The molecular weight excluding hydrogens is 328 g/mol. The number of nitrogens with one attached hydrogen (secondary N) is 3. The highest BCUT2D eigenvalue weighted by Gasteiger charge is 2.47. The zero-order valence-corrected chi connectivity index (χ0v) is 14.5. The van der Waals surface area contributed by atoms with Crippen LogP contribution in [0.4, 0.5) is 0 Å². The van der Waals surface area contributed by atoms with Gasteiger partial charge in [-0.3, -0.25) is 39.7 Å². The van der Waals surface area contributed by atoms with Crippen molar-refractivity contribution >= 4 is 29.5 Å². The second-order valence-electron chi connectivity index (χ2n) is 6.71. The second-order valence-corrected chi connectivity index (χ2v) is 6.71. The molecule has 9 heteroatoms. The zero-order valence-electron chi connectivity index (χ0n) is 14.5. The Balaban J connectivity index is 1.76. The van der Waals surface area contributed by atoms with Crippen molar-refractivity contribution in [1.82, 2.24) is 21.1 Å². The van der Waals surface area contributed by atoms with E-state index in [-0.39, 0.29) is 42.7 Å². The summed E-state index contributed by atoms with van der Waals surface area (Å²) in [6, 6.07) is -0.204. The summed E-state index contributed by atoms with van der Waals surface area (Å²) in [5.74, 6) is -3.33. The lowest BCUT2D eigenvalue weighted by Crippen LogP contribution is -2.50. The highest BCUT2D eigenvalue weighted by Crippen LogP contribution is 2.37. The number of carbonyl (C=O) groups excluding carboxylic acids is 5. The molecule has 138 valence electrons. The van der Waals surface area contributed by atoms with Crippen LogP contribution in [0.1, 0.15) is 46.0 Å². The Morgan fingerprint density at radius 1 is 1.00 bits per heavy atom. The van der Waals surface area contributed by atoms with Gasteiger partial charge in [0.1, 0.15) is 0 Å². The summed E-state index contributed by atoms with van der Waals surface area (Å²) in [4.78, 5) is 60.3. The molecule has 25 heavy (non-hydrogen) atoms. The minimum Gasteiger partial charge on any atom is -0.346 e. The van der Waals surface area contributed by atoms with Gasteiger partial charge >= 0.3 is 11.8 Å². The van der Waals surface area contributed by atoms with Crippen LogP contribution in [0.3, 0.4) is 0 Å². The molecule has 0 aromatic carbocycles. The van der Waals surface area contributed by atoms with Crippen molar-refractivity contribution in [2.75, 3.05) is 6.54 Å². The molecule has 2 fully saturated rings. The van der Waals surface area contributed by atoms with Crippen LogP contribution in [0.2, 0.25) is 0 Å². The maximum absolute atomic E-state index is 12.3. The molecule has 0 bridgehead atoms. The van der Waals surface area contributed by atoms with Crippen LogP contribution in [-0.2, 0) is 24.0 Å². The Kier molecular flexibility index (Phi) is 6.11. The van der Waals surface area contributed by atoms with Crippen molar-refractivity contribution in [1.29, 1.82) is 0 Å². The van der Waals surface area contributed by atoms with Crippen molar-refractivity contribution in [3.63, 3.8) is 0 Å². The number of hydrazine groups is 1. The van der Waals surface area contributed by atoms with E-state index in [9.17, 15) is 24.0 Å². The quantitative estimate of drug-likeness (QED) is 0.348. The van der Waals surface area contributed by atoms with Crippen LogP contribution in [-0.4, -0.2) is 47.0 Å². The number of amides is 5. The number of hydrogen-bond donors (Lipinski definition) is 3. The van der Waals surface area contributed by atoms with E-state index in [0.29, 0.717) is 0 Å². The molecule has 0 radical (unpaired) electrons. The van der Waals surface area contributed by atoms with Gasteiger partial charge in [-0.2, -0.15) is 0 Å². The third-order valence-electron chi connectivity index (χ3n) is 4.44. The zero-order chi connectivity index (χ0) is 18.6. The Hall–Kier alpha value is -2.45. The highest BCUT2D eigenvalue weighted by molar-refractivity contribution is 6.35. The van der Waals surface area contributed by atoms with E-state index in [1.807, 2.05) is 5.43 Å². The minimum absolute atomic E-state index is 0.0233. The smallest absolute Gasteiger partial charge is 0.327 e. The van der Waals surface area contributed by atoms with Crippen molar-refractivity contribution in [3.8, 4) is 0 Å². The summed E-state index contributed by atoms with van der Waals surface area (Å²) >= 11 is 0. The molecular formula is C16H24N4O5. The lowest BCUT2D eigenvalue weighted by atomic mass is 9.81. The molecule has 3 N–H and O–H groups in total. The molecule has 2 aliphatic rings. The van der Waals surface area contributed by atoms with E-state index in [1.165, 1.54) is 0 Å². The van der Waals surface area contributed by atoms with Gasteiger partial charge < -0.3 is 5.32 Å². The normalized spacial score (nSPS) is 22.6. The lowest BCUT2D eigenvalue weighted by molar-refractivity contribution is -0.141. The van der Waals surface area contributed by atoms with Gasteiger partial charge in [-0.25, -0.2) is 0 Å². The molecule has 0 spiro atoms. The van der Waals surface area contributed by atoms with E-state index < -0.39 is 17.7 Å². The summed E-state index contributed by atoms with van der Waals surface area (Å²) in [6.07, 6.45) is 3.19. The summed E-state index contributed by atoms with van der Waals surface area (Å²) in [6.45, 7) is 3.38. The van der Waals surface area contributed by atoms with Crippen molar-refractivity contribution in [2.24, 2.45) is 11.8 Å². The lowest BCUT2D eigenvalue weighted by Gasteiger charge is -2.19.